The summed E-state index contributed by atoms with van der Waals surface area (Å²) in [7, 11) is -3.72. The third-order valence-electron chi connectivity index (χ3n) is 4.45. The average molecular weight is 370 g/mol. The number of nitrogens with one attached hydrogen (secondary N) is 1. The molecule has 2 rings (SSSR count). The van der Waals surface area contributed by atoms with Gasteiger partial charge >= 0.3 is 0 Å². The van der Waals surface area contributed by atoms with Crippen molar-refractivity contribution in [3.63, 3.8) is 0 Å². The van der Waals surface area contributed by atoms with Crippen LogP contribution in [0.15, 0.2) is 23.1 Å². The van der Waals surface area contributed by atoms with Crippen LogP contribution in [0.4, 0.5) is 4.39 Å². The normalized spacial score (nSPS) is 19.2. The summed E-state index contributed by atoms with van der Waals surface area (Å²) in [6, 6.07) is 3.43. The third kappa shape index (κ3) is 5.01. The fourth-order valence-corrected chi connectivity index (χ4v) is 4.55. The molecular formula is C18H27FN2O3S. The predicted molar refractivity (Wildman–Crippen MR) is 95.3 cm³/mol. The van der Waals surface area contributed by atoms with Crippen LogP contribution < -0.4 is 5.32 Å². The summed E-state index contributed by atoms with van der Waals surface area (Å²) in [5.41, 5.74) is -0.227. The van der Waals surface area contributed by atoms with Crippen molar-refractivity contribution in [3.8, 4) is 0 Å². The Morgan fingerprint density at radius 1 is 1.40 bits per heavy atom. The highest BCUT2D eigenvalue weighted by molar-refractivity contribution is 7.89. The van der Waals surface area contributed by atoms with Gasteiger partial charge in [-0.25, -0.2) is 12.8 Å². The van der Waals surface area contributed by atoms with E-state index in [1.54, 1.807) is 0 Å². The molecule has 0 aromatic heterocycles. The standard InChI is InChI=1S/C18H27FN2O3S/c1-13(2)8-9-20-18(22)16-11-15(6-7-17(16)19)25(23,24)21-10-4-5-14(3)12-21/h6-7,11,13-14H,4-5,8-10,12H2,1-3H3,(H,20,22)/t14-/m0/s1. The quantitative estimate of drug-likeness (QED) is 0.837. The molecule has 1 aliphatic rings. The molecule has 0 unspecified atom stereocenters. The van der Waals surface area contributed by atoms with Gasteiger partial charge in [0.2, 0.25) is 10.0 Å². The van der Waals surface area contributed by atoms with E-state index in [-0.39, 0.29) is 10.5 Å². The van der Waals surface area contributed by atoms with E-state index in [9.17, 15) is 17.6 Å². The van der Waals surface area contributed by atoms with Crippen LogP contribution in [-0.4, -0.2) is 38.3 Å². The minimum atomic E-state index is -3.72. The topological polar surface area (TPSA) is 66.5 Å². The van der Waals surface area contributed by atoms with Gasteiger partial charge in [-0.05, 0) is 49.3 Å². The summed E-state index contributed by atoms with van der Waals surface area (Å²) >= 11 is 0. The summed E-state index contributed by atoms with van der Waals surface area (Å²) in [5.74, 6) is -0.587. The Morgan fingerprint density at radius 3 is 2.76 bits per heavy atom. The molecule has 7 heteroatoms. The molecule has 1 amide bonds. The van der Waals surface area contributed by atoms with Crippen LogP contribution >= 0.6 is 0 Å². The van der Waals surface area contributed by atoms with Crippen molar-refractivity contribution in [3.05, 3.63) is 29.6 Å². The first kappa shape index (κ1) is 19.8. The fraction of sp³-hybridized carbons (Fsp3) is 0.611. The first-order valence-corrected chi connectivity index (χ1v) is 10.2. The van der Waals surface area contributed by atoms with Gasteiger partial charge in [0.25, 0.3) is 5.91 Å². The van der Waals surface area contributed by atoms with E-state index in [0.29, 0.717) is 31.5 Å². The summed E-state index contributed by atoms with van der Waals surface area (Å²) < 4.78 is 41.0. The van der Waals surface area contributed by atoms with E-state index >= 15 is 0 Å². The largest absolute Gasteiger partial charge is 0.352 e. The molecule has 1 atom stereocenters. The highest BCUT2D eigenvalue weighted by Crippen LogP contribution is 2.24. The number of amides is 1. The van der Waals surface area contributed by atoms with E-state index in [4.69, 9.17) is 0 Å². The minimum Gasteiger partial charge on any atom is -0.352 e. The van der Waals surface area contributed by atoms with Gasteiger partial charge in [0.05, 0.1) is 10.5 Å². The molecule has 1 aromatic rings. The van der Waals surface area contributed by atoms with Crippen molar-refractivity contribution in [1.29, 1.82) is 0 Å². The third-order valence-corrected chi connectivity index (χ3v) is 6.31. The predicted octanol–water partition coefficient (Wildman–Crippen LogP) is 3.02. The van der Waals surface area contributed by atoms with Crippen LogP contribution in [0.1, 0.15) is 50.4 Å². The molecule has 1 fully saturated rings. The molecule has 0 radical (unpaired) electrons. The zero-order chi connectivity index (χ0) is 18.6. The van der Waals surface area contributed by atoms with Crippen LogP contribution in [0.2, 0.25) is 0 Å². The maximum atomic E-state index is 14.0. The van der Waals surface area contributed by atoms with Gasteiger partial charge in [-0.2, -0.15) is 4.31 Å². The highest BCUT2D eigenvalue weighted by Gasteiger charge is 2.29. The Bertz CT molecular complexity index is 719. The number of hydrogen-bond acceptors (Lipinski definition) is 3. The lowest BCUT2D eigenvalue weighted by Crippen LogP contribution is -2.39. The molecule has 1 aliphatic heterocycles. The molecule has 1 heterocycles. The van der Waals surface area contributed by atoms with Gasteiger partial charge in [0.1, 0.15) is 5.82 Å². The Hall–Kier alpha value is -1.47. The molecule has 0 bridgehead atoms. The molecule has 1 aromatic carbocycles. The molecule has 1 N–H and O–H groups in total. The van der Waals surface area contributed by atoms with Gasteiger partial charge < -0.3 is 5.32 Å². The fourth-order valence-electron chi connectivity index (χ4n) is 2.92. The van der Waals surface area contributed by atoms with Gasteiger partial charge in [0, 0.05) is 19.6 Å². The molecule has 0 spiro atoms. The van der Waals surface area contributed by atoms with Crippen LogP contribution in [0.25, 0.3) is 0 Å². The van der Waals surface area contributed by atoms with Gasteiger partial charge in [-0.1, -0.05) is 20.8 Å². The average Bonchev–Trinajstić information content (AvgIpc) is 2.54. The van der Waals surface area contributed by atoms with Gasteiger partial charge in [-0.15, -0.1) is 0 Å². The summed E-state index contributed by atoms with van der Waals surface area (Å²) in [6.07, 6.45) is 2.58. The van der Waals surface area contributed by atoms with E-state index in [0.717, 1.165) is 31.4 Å². The molecule has 0 aliphatic carbocycles. The van der Waals surface area contributed by atoms with Crippen LogP contribution in [0, 0.1) is 17.7 Å². The van der Waals surface area contributed by atoms with Crippen molar-refractivity contribution in [2.45, 2.75) is 44.9 Å². The molecule has 25 heavy (non-hydrogen) atoms. The zero-order valence-electron chi connectivity index (χ0n) is 15.1. The van der Waals surface area contributed by atoms with E-state index < -0.39 is 21.7 Å². The molecule has 140 valence electrons. The number of halogens is 1. The number of hydrogen-bond donors (Lipinski definition) is 1. The maximum absolute atomic E-state index is 14.0. The SMILES string of the molecule is CC(C)CCNC(=O)c1cc(S(=O)(=O)N2CCC[C@H](C)C2)ccc1F. The van der Waals surface area contributed by atoms with Gasteiger partial charge in [-0.3, -0.25) is 4.79 Å². The second kappa shape index (κ2) is 8.27. The Labute approximate surface area is 149 Å². The molecule has 5 nitrogen and oxygen atoms in total. The lowest BCUT2D eigenvalue weighted by Gasteiger charge is -2.30. The van der Waals surface area contributed by atoms with Crippen molar-refractivity contribution < 1.29 is 17.6 Å². The number of piperidine rings is 1. The number of benzene rings is 1. The summed E-state index contributed by atoms with van der Waals surface area (Å²) in [5, 5.41) is 2.65. The molecule has 0 saturated carbocycles. The number of nitrogens with zero attached hydrogens (tertiary/aromatic N) is 1. The van der Waals surface area contributed by atoms with Crippen LogP contribution in [0.5, 0.6) is 0 Å². The number of rotatable bonds is 6. The second-order valence-corrected chi connectivity index (χ2v) is 9.13. The highest BCUT2D eigenvalue weighted by atomic mass is 32.2. The van der Waals surface area contributed by atoms with Crippen LogP contribution in [0.3, 0.4) is 0 Å². The van der Waals surface area contributed by atoms with E-state index in [1.165, 1.54) is 10.4 Å². The lowest BCUT2D eigenvalue weighted by molar-refractivity contribution is 0.0947. The monoisotopic (exact) mass is 370 g/mol. The van der Waals surface area contributed by atoms with Crippen molar-refractivity contribution in [2.75, 3.05) is 19.6 Å². The van der Waals surface area contributed by atoms with E-state index in [1.807, 2.05) is 20.8 Å². The number of carbonyl (C=O) groups excluding carboxylic acids is 1. The maximum Gasteiger partial charge on any atom is 0.254 e. The Balaban J connectivity index is 2.21. The van der Waals surface area contributed by atoms with Crippen molar-refractivity contribution in [2.24, 2.45) is 11.8 Å². The summed E-state index contributed by atoms with van der Waals surface area (Å²) in [4.78, 5) is 12.2. The van der Waals surface area contributed by atoms with Gasteiger partial charge in [0.15, 0.2) is 0 Å². The Kier molecular flexibility index (Phi) is 6.57. The Morgan fingerprint density at radius 2 is 2.12 bits per heavy atom. The first-order valence-electron chi connectivity index (χ1n) is 8.79. The lowest BCUT2D eigenvalue weighted by atomic mass is 10.0. The zero-order valence-corrected chi connectivity index (χ0v) is 15.9. The first-order chi connectivity index (χ1) is 11.7. The minimum absolute atomic E-state index is 0.0305. The number of carbonyl (C=O) groups is 1. The smallest absolute Gasteiger partial charge is 0.254 e. The summed E-state index contributed by atoms with van der Waals surface area (Å²) in [6.45, 7) is 7.41. The van der Waals surface area contributed by atoms with E-state index in [2.05, 4.69) is 5.32 Å². The number of sulfonamides is 1. The molecule has 1 saturated heterocycles. The van der Waals surface area contributed by atoms with Crippen LogP contribution in [-0.2, 0) is 10.0 Å². The molecular weight excluding hydrogens is 343 g/mol. The second-order valence-electron chi connectivity index (χ2n) is 7.19. The van der Waals surface area contributed by atoms with Crippen molar-refractivity contribution in [1.82, 2.24) is 9.62 Å². The van der Waals surface area contributed by atoms with Crippen molar-refractivity contribution >= 4 is 15.9 Å².